The van der Waals surface area contributed by atoms with Gasteiger partial charge < -0.3 is 10.1 Å². The summed E-state index contributed by atoms with van der Waals surface area (Å²) in [6.45, 7) is 3.99. The number of methoxy groups -OCH3 is 1. The summed E-state index contributed by atoms with van der Waals surface area (Å²) < 4.78 is 28.2. The second-order valence-electron chi connectivity index (χ2n) is 6.42. The van der Waals surface area contributed by atoms with E-state index >= 15 is 0 Å². The van der Waals surface area contributed by atoms with Crippen LogP contribution in [0.25, 0.3) is 0 Å². The van der Waals surface area contributed by atoms with Gasteiger partial charge in [-0.1, -0.05) is 6.07 Å². The minimum absolute atomic E-state index is 0.199. The van der Waals surface area contributed by atoms with E-state index in [1.54, 1.807) is 21.0 Å². The summed E-state index contributed by atoms with van der Waals surface area (Å²) in [5, 5.41) is 3.44. The van der Waals surface area contributed by atoms with Gasteiger partial charge >= 0.3 is 0 Å². The van der Waals surface area contributed by atoms with Gasteiger partial charge in [0, 0.05) is 18.8 Å². The van der Waals surface area contributed by atoms with Gasteiger partial charge in [-0.05, 0) is 56.4 Å². The Morgan fingerprint density at radius 3 is 2.71 bits per heavy atom. The molecule has 0 radical (unpaired) electrons. The smallest absolute Gasteiger partial charge is 0.153 e. The predicted octanol–water partition coefficient (Wildman–Crippen LogP) is 2.49. The molecule has 4 nitrogen and oxygen atoms in total. The van der Waals surface area contributed by atoms with Gasteiger partial charge in [0.15, 0.2) is 9.84 Å². The zero-order valence-electron chi connectivity index (χ0n) is 13.3. The molecule has 1 N–H and O–H groups in total. The van der Waals surface area contributed by atoms with E-state index in [-0.39, 0.29) is 6.04 Å². The van der Waals surface area contributed by atoms with Crippen LogP contribution in [-0.4, -0.2) is 33.1 Å². The molecule has 0 bridgehead atoms. The summed E-state index contributed by atoms with van der Waals surface area (Å²) in [4.78, 5) is 0. The highest BCUT2D eigenvalue weighted by molar-refractivity contribution is 7.92. The van der Waals surface area contributed by atoms with E-state index in [0.29, 0.717) is 6.54 Å². The van der Waals surface area contributed by atoms with Crippen LogP contribution < -0.4 is 10.1 Å². The van der Waals surface area contributed by atoms with Crippen molar-refractivity contribution in [2.24, 2.45) is 0 Å². The van der Waals surface area contributed by atoms with Crippen molar-refractivity contribution in [2.75, 3.05) is 19.9 Å². The van der Waals surface area contributed by atoms with Crippen LogP contribution in [0.1, 0.15) is 43.9 Å². The Balaban J connectivity index is 2.17. The second kappa shape index (κ2) is 5.97. The van der Waals surface area contributed by atoms with Gasteiger partial charge in [-0.15, -0.1) is 0 Å². The Morgan fingerprint density at radius 1 is 1.38 bits per heavy atom. The van der Waals surface area contributed by atoms with Crippen molar-refractivity contribution >= 4 is 9.84 Å². The number of aryl methyl sites for hydroxylation is 1. The predicted molar refractivity (Wildman–Crippen MR) is 85.6 cm³/mol. The van der Waals surface area contributed by atoms with Gasteiger partial charge in [0.25, 0.3) is 0 Å². The molecule has 1 aromatic rings. The Kier molecular flexibility index (Phi) is 4.63. The van der Waals surface area contributed by atoms with Gasteiger partial charge in [-0.2, -0.15) is 0 Å². The number of hydrogen-bond acceptors (Lipinski definition) is 4. The fourth-order valence-corrected chi connectivity index (χ4v) is 2.96. The summed E-state index contributed by atoms with van der Waals surface area (Å²) in [5.74, 6) is 0.852. The fraction of sp³-hybridized carbons (Fsp3) is 0.625. The SMILES string of the molecule is COc1ccc2c(c1)C(NCC(C)(C)S(C)(=O)=O)CCC2. The van der Waals surface area contributed by atoms with E-state index in [2.05, 4.69) is 17.4 Å². The number of nitrogens with one attached hydrogen (secondary N) is 1. The van der Waals surface area contributed by atoms with Crippen molar-refractivity contribution in [3.8, 4) is 5.75 Å². The standard InChI is InChI=1S/C16H25NO3S/c1-16(2,21(4,18)19)11-17-15-7-5-6-12-8-9-13(20-3)10-14(12)15/h8-10,15,17H,5-7,11H2,1-4H3. The Morgan fingerprint density at radius 2 is 2.10 bits per heavy atom. The van der Waals surface area contributed by atoms with Gasteiger partial charge in [0.2, 0.25) is 0 Å². The molecule has 0 aliphatic heterocycles. The first-order valence-electron chi connectivity index (χ1n) is 7.34. The van der Waals surface area contributed by atoms with Crippen molar-refractivity contribution < 1.29 is 13.2 Å². The maximum atomic E-state index is 11.8. The maximum absolute atomic E-state index is 11.8. The summed E-state index contributed by atoms with van der Waals surface area (Å²) in [6.07, 6.45) is 4.52. The summed E-state index contributed by atoms with van der Waals surface area (Å²) in [5.41, 5.74) is 2.57. The van der Waals surface area contributed by atoms with Crippen LogP contribution in [0.5, 0.6) is 5.75 Å². The van der Waals surface area contributed by atoms with Gasteiger partial charge in [-0.3, -0.25) is 0 Å². The van der Waals surface area contributed by atoms with Gasteiger partial charge in [0.05, 0.1) is 11.9 Å². The molecule has 1 atom stereocenters. The minimum atomic E-state index is -3.08. The zero-order chi connectivity index (χ0) is 15.7. The Hall–Kier alpha value is -1.07. The first-order valence-corrected chi connectivity index (χ1v) is 9.23. The average Bonchev–Trinajstić information content (AvgIpc) is 2.43. The van der Waals surface area contributed by atoms with Crippen LogP contribution in [0, 0.1) is 0 Å². The first-order chi connectivity index (χ1) is 9.74. The van der Waals surface area contributed by atoms with E-state index in [1.165, 1.54) is 17.4 Å². The third-order valence-electron chi connectivity index (χ3n) is 4.45. The van der Waals surface area contributed by atoms with Crippen LogP contribution in [0.2, 0.25) is 0 Å². The molecule has 1 aliphatic carbocycles. The average molecular weight is 311 g/mol. The number of rotatable bonds is 5. The molecule has 0 fully saturated rings. The number of ether oxygens (including phenoxy) is 1. The van der Waals surface area contributed by atoms with Gasteiger partial charge in [-0.25, -0.2) is 8.42 Å². The lowest BCUT2D eigenvalue weighted by molar-refractivity contribution is 0.405. The third kappa shape index (κ3) is 3.58. The molecule has 0 saturated heterocycles. The summed E-state index contributed by atoms with van der Waals surface area (Å²) in [7, 11) is -1.41. The summed E-state index contributed by atoms with van der Waals surface area (Å²) in [6, 6.07) is 6.37. The van der Waals surface area contributed by atoms with Crippen LogP contribution in [0.4, 0.5) is 0 Å². The normalized spacial score (nSPS) is 19.1. The largest absolute Gasteiger partial charge is 0.497 e. The van der Waals surface area contributed by atoms with Crippen LogP contribution in [0.15, 0.2) is 18.2 Å². The molecule has 0 spiro atoms. The molecule has 0 heterocycles. The first kappa shape index (κ1) is 16.3. The monoisotopic (exact) mass is 311 g/mol. The Bertz CT molecular complexity index is 608. The highest BCUT2D eigenvalue weighted by Crippen LogP contribution is 2.32. The summed E-state index contributed by atoms with van der Waals surface area (Å²) >= 11 is 0. The van der Waals surface area contributed by atoms with E-state index in [4.69, 9.17) is 4.74 Å². The van der Waals surface area contributed by atoms with Crippen LogP contribution in [-0.2, 0) is 16.3 Å². The molecule has 118 valence electrons. The Labute approximate surface area is 127 Å². The molecule has 1 aromatic carbocycles. The van der Waals surface area contributed by atoms with Crippen molar-refractivity contribution in [3.05, 3.63) is 29.3 Å². The molecule has 0 saturated carbocycles. The van der Waals surface area contributed by atoms with Crippen molar-refractivity contribution in [2.45, 2.75) is 43.9 Å². The quantitative estimate of drug-likeness (QED) is 0.907. The van der Waals surface area contributed by atoms with E-state index in [0.717, 1.165) is 25.0 Å². The van der Waals surface area contributed by atoms with E-state index in [1.807, 2.05) is 6.07 Å². The molecule has 5 heteroatoms. The lowest BCUT2D eigenvalue weighted by Gasteiger charge is -2.31. The molecule has 1 aliphatic rings. The topological polar surface area (TPSA) is 55.4 Å². The minimum Gasteiger partial charge on any atom is -0.497 e. The number of hydrogen-bond donors (Lipinski definition) is 1. The van der Waals surface area contributed by atoms with Crippen LogP contribution in [0.3, 0.4) is 0 Å². The van der Waals surface area contributed by atoms with Crippen molar-refractivity contribution in [1.29, 1.82) is 0 Å². The highest BCUT2D eigenvalue weighted by Gasteiger charge is 2.31. The van der Waals surface area contributed by atoms with Crippen LogP contribution >= 0.6 is 0 Å². The van der Waals surface area contributed by atoms with E-state index in [9.17, 15) is 8.42 Å². The van der Waals surface area contributed by atoms with Gasteiger partial charge in [0.1, 0.15) is 5.75 Å². The lowest BCUT2D eigenvalue weighted by Crippen LogP contribution is -2.43. The third-order valence-corrected chi connectivity index (χ3v) is 6.60. The zero-order valence-corrected chi connectivity index (χ0v) is 14.1. The maximum Gasteiger partial charge on any atom is 0.153 e. The number of sulfone groups is 1. The molecule has 1 unspecified atom stereocenters. The number of fused-ring (bicyclic) bond motifs is 1. The van der Waals surface area contributed by atoms with Crippen molar-refractivity contribution in [3.63, 3.8) is 0 Å². The fourth-order valence-electron chi connectivity index (χ4n) is 2.62. The highest BCUT2D eigenvalue weighted by atomic mass is 32.2. The molecule has 0 aromatic heterocycles. The number of benzene rings is 1. The molecule has 0 amide bonds. The molecule has 21 heavy (non-hydrogen) atoms. The molecular weight excluding hydrogens is 286 g/mol. The molecule has 2 rings (SSSR count). The van der Waals surface area contributed by atoms with Crippen molar-refractivity contribution in [1.82, 2.24) is 5.32 Å². The van der Waals surface area contributed by atoms with E-state index < -0.39 is 14.6 Å². The molecular formula is C16H25NO3S. The lowest BCUT2D eigenvalue weighted by atomic mass is 9.87. The second-order valence-corrected chi connectivity index (χ2v) is 9.07.